The largest absolute Gasteiger partial charge is 0.613 e. The van der Waals surface area contributed by atoms with E-state index in [1.165, 1.54) is 11.3 Å². The second-order valence-electron chi connectivity index (χ2n) is 7.83. The number of hydrogen-bond donors (Lipinski definition) is 3. The second-order valence-corrected chi connectivity index (χ2v) is 9.86. The Kier molecular flexibility index (Phi) is 7.73. The van der Waals surface area contributed by atoms with E-state index in [1.807, 2.05) is 24.3 Å². The van der Waals surface area contributed by atoms with Crippen LogP contribution in [0.15, 0.2) is 24.3 Å². The van der Waals surface area contributed by atoms with Crippen LogP contribution in [0.25, 0.3) is 10.2 Å². The summed E-state index contributed by atoms with van der Waals surface area (Å²) < 4.78 is 1.05. The quantitative estimate of drug-likeness (QED) is 0.487. The molecule has 3 heterocycles. The lowest BCUT2D eigenvalue weighted by atomic mass is 10.1. The Morgan fingerprint density at radius 1 is 1.35 bits per heavy atom. The molecule has 0 bridgehead atoms. The molecule has 0 saturated carbocycles. The van der Waals surface area contributed by atoms with E-state index in [-0.39, 0.29) is 23.2 Å². The van der Waals surface area contributed by atoms with Crippen LogP contribution in [0, 0.1) is 16.5 Å². The van der Waals surface area contributed by atoms with Crippen molar-refractivity contribution in [3.63, 3.8) is 0 Å². The van der Waals surface area contributed by atoms with Gasteiger partial charge in [0.25, 0.3) is 0 Å². The fourth-order valence-corrected chi connectivity index (χ4v) is 5.96. The highest BCUT2D eigenvalue weighted by Gasteiger charge is 2.27. The highest BCUT2D eigenvalue weighted by atomic mass is 32.2. The average molecular weight is 462 g/mol. The number of piperidine rings is 1. The number of nitrogens with one attached hydrogen (secondary N) is 3. The van der Waals surface area contributed by atoms with Crippen molar-refractivity contribution in [1.82, 2.24) is 20.2 Å². The predicted octanol–water partition coefficient (Wildman–Crippen LogP) is 0.485. The predicted molar refractivity (Wildman–Crippen MR) is 123 cm³/mol. The van der Waals surface area contributed by atoms with Gasteiger partial charge in [0.1, 0.15) is 12.1 Å². The fraction of sp³-hybridized carbons (Fsp3) is 0.550. The number of amides is 1. The number of thioether (sulfide) groups is 1. The topological polar surface area (TPSA) is 112 Å². The van der Waals surface area contributed by atoms with Crippen molar-refractivity contribution in [2.45, 2.75) is 24.9 Å². The molecule has 0 spiro atoms. The van der Waals surface area contributed by atoms with E-state index in [2.05, 4.69) is 31.6 Å². The van der Waals surface area contributed by atoms with Crippen molar-refractivity contribution < 1.29 is 9.97 Å². The van der Waals surface area contributed by atoms with Crippen molar-refractivity contribution >= 4 is 44.4 Å². The fourth-order valence-electron chi connectivity index (χ4n) is 3.92. The van der Waals surface area contributed by atoms with Crippen LogP contribution in [-0.4, -0.2) is 77.1 Å². The van der Waals surface area contributed by atoms with Gasteiger partial charge in [-0.15, -0.1) is 11.8 Å². The van der Waals surface area contributed by atoms with Gasteiger partial charge >= 0.3 is 0 Å². The summed E-state index contributed by atoms with van der Waals surface area (Å²) in [5.74, 6) is 1.62. The summed E-state index contributed by atoms with van der Waals surface area (Å²) in [5.41, 5.74) is 3.91. The van der Waals surface area contributed by atoms with E-state index in [4.69, 9.17) is 5.26 Å². The third-order valence-electron chi connectivity index (χ3n) is 5.69. The molecule has 2 unspecified atom stereocenters. The molecule has 2 aliphatic rings. The summed E-state index contributed by atoms with van der Waals surface area (Å²) in [4.78, 5) is 21.0. The molecule has 31 heavy (non-hydrogen) atoms. The zero-order valence-corrected chi connectivity index (χ0v) is 18.9. The molecule has 2 saturated heterocycles. The minimum atomic E-state index is -0.0718. The van der Waals surface area contributed by atoms with E-state index in [9.17, 15) is 10.0 Å². The number of hydrogen-bond acceptors (Lipinski definition) is 9. The lowest BCUT2D eigenvalue weighted by Gasteiger charge is -2.37. The maximum absolute atomic E-state index is 12.5. The molecule has 4 rings (SSSR count). The third kappa shape index (κ3) is 5.93. The number of hydroxylamine groups is 1. The van der Waals surface area contributed by atoms with Crippen LogP contribution in [0.1, 0.15) is 12.8 Å². The highest BCUT2D eigenvalue weighted by Crippen LogP contribution is 2.25. The van der Waals surface area contributed by atoms with Gasteiger partial charge in [-0.1, -0.05) is 23.5 Å². The number of benzene rings is 1. The zero-order chi connectivity index (χ0) is 21.6. The van der Waals surface area contributed by atoms with Gasteiger partial charge in [0.2, 0.25) is 5.91 Å². The molecule has 11 heteroatoms. The molecule has 2 atom stereocenters. The normalized spacial score (nSPS) is 21.9. The van der Waals surface area contributed by atoms with Crippen LogP contribution in [0.2, 0.25) is 0 Å². The van der Waals surface area contributed by atoms with Gasteiger partial charge in [0.05, 0.1) is 29.4 Å². The summed E-state index contributed by atoms with van der Waals surface area (Å²) in [7, 11) is 0. The number of nitriles is 1. The van der Waals surface area contributed by atoms with Crippen LogP contribution in [0.4, 0.5) is 5.13 Å². The van der Waals surface area contributed by atoms with Crippen molar-refractivity contribution in [1.29, 1.82) is 5.26 Å². The van der Waals surface area contributed by atoms with E-state index in [0.717, 1.165) is 47.8 Å². The first-order valence-corrected chi connectivity index (χ1v) is 12.5. The Bertz CT molecular complexity index is 893. The van der Waals surface area contributed by atoms with Gasteiger partial charge in [-0.3, -0.25) is 19.8 Å². The van der Waals surface area contributed by atoms with Gasteiger partial charge in [0.15, 0.2) is 5.13 Å². The summed E-state index contributed by atoms with van der Waals surface area (Å²) >= 11 is 3.23. The molecule has 0 aliphatic carbocycles. The number of likely N-dealkylation sites (tertiary alicyclic amines) is 1. The van der Waals surface area contributed by atoms with Gasteiger partial charge < -0.3 is 10.5 Å². The first kappa shape index (κ1) is 22.4. The number of quaternary nitrogens is 1. The van der Waals surface area contributed by atoms with Crippen molar-refractivity contribution in [2.24, 2.45) is 0 Å². The molecule has 1 aromatic heterocycles. The average Bonchev–Trinajstić information content (AvgIpc) is 3.39. The SMILES string of the molecule is N#CC1CSCN1CCN[NH+]([O-])C1CCN(CC(=O)Nc2nc3ccccc3s2)CC1. The van der Waals surface area contributed by atoms with Crippen LogP contribution in [-0.2, 0) is 4.79 Å². The van der Waals surface area contributed by atoms with E-state index >= 15 is 0 Å². The molecule has 9 nitrogen and oxygen atoms in total. The molecule has 1 aromatic carbocycles. The summed E-state index contributed by atoms with van der Waals surface area (Å²) in [6.07, 6.45) is 1.50. The number of fused-ring (bicyclic) bond motifs is 1. The first-order valence-electron chi connectivity index (χ1n) is 10.5. The Hall–Kier alpha value is -1.78. The molecule has 0 radical (unpaired) electrons. The van der Waals surface area contributed by atoms with Gasteiger partial charge in [-0.05, 0) is 12.1 Å². The summed E-state index contributed by atoms with van der Waals surface area (Å²) in [6, 6.07) is 10.1. The highest BCUT2D eigenvalue weighted by molar-refractivity contribution is 7.99. The van der Waals surface area contributed by atoms with Crippen molar-refractivity contribution in [3.05, 3.63) is 29.5 Å². The third-order valence-corrected chi connectivity index (χ3v) is 7.70. The number of para-hydroxylation sites is 1. The Morgan fingerprint density at radius 2 is 2.16 bits per heavy atom. The minimum Gasteiger partial charge on any atom is -0.613 e. The molecule has 2 fully saturated rings. The zero-order valence-electron chi connectivity index (χ0n) is 17.2. The maximum Gasteiger partial charge on any atom is 0.240 e. The molecule has 3 N–H and O–H groups in total. The Morgan fingerprint density at radius 3 is 2.94 bits per heavy atom. The van der Waals surface area contributed by atoms with Gasteiger partial charge in [-0.25, -0.2) is 4.98 Å². The number of aromatic nitrogens is 1. The van der Waals surface area contributed by atoms with Gasteiger partial charge in [0, 0.05) is 44.1 Å². The Labute approximate surface area is 189 Å². The smallest absolute Gasteiger partial charge is 0.240 e. The van der Waals surface area contributed by atoms with Crippen LogP contribution in [0.3, 0.4) is 0 Å². The standard InChI is InChI=1S/C20H27N7O2S2/c21-11-16-13-30-14-26(16)10-7-22-27(29)15-5-8-25(9-6-15)12-19(28)24-20-23-17-3-1-2-4-18(17)31-20/h1-4,15-16,22,27H,5-10,12-14H2,(H,23,24,28). The molecular weight excluding hydrogens is 434 g/mol. The Balaban J connectivity index is 1.15. The lowest BCUT2D eigenvalue weighted by molar-refractivity contribution is -0.923. The van der Waals surface area contributed by atoms with Gasteiger partial charge in [-0.2, -0.15) is 10.7 Å². The molecule has 2 aromatic rings. The van der Waals surface area contributed by atoms with Crippen molar-refractivity contribution in [2.75, 3.05) is 49.7 Å². The maximum atomic E-state index is 12.5. The molecule has 2 aliphatic heterocycles. The minimum absolute atomic E-state index is 0.0108. The van der Waals surface area contributed by atoms with E-state index < -0.39 is 0 Å². The molecule has 1 amide bonds. The summed E-state index contributed by atoms with van der Waals surface area (Å²) in [6.45, 7) is 3.05. The van der Waals surface area contributed by atoms with Crippen LogP contribution in [0.5, 0.6) is 0 Å². The number of carbonyl (C=O) groups is 1. The number of rotatable bonds is 8. The summed E-state index contributed by atoms with van der Waals surface area (Å²) in [5, 5.41) is 25.2. The second kappa shape index (κ2) is 10.7. The van der Waals surface area contributed by atoms with Crippen LogP contribution < -0.4 is 15.9 Å². The number of nitrogens with zero attached hydrogens (tertiary/aromatic N) is 4. The van der Waals surface area contributed by atoms with E-state index in [1.54, 1.807) is 11.8 Å². The number of carbonyl (C=O) groups excluding carboxylic acids is 1. The number of anilines is 1. The van der Waals surface area contributed by atoms with Crippen molar-refractivity contribution in [3.8, 4) is 6.07 Å². The monoisotopic (exact) mass is 461 g/mol. The molecule has 166 valence electrons. The van der Waals surface area contributed by atoms with E-state index in [0.29, 0.717) is 24.8 Å². The lowest BCUT2D eigenvalue weighted by Crippen LogP contribution is -3.18. The first-order chi connectivity index (χ1) is 15.1. The number of thiazole rings is 1. The molecular formula is C20H27N7O2S2. The van der Waals surface area contributed by atoms with Crippen LogP contribution >= 0.6 is 23.1 Å².